The summed E-state index contributed by atoms with van der Waals surface area (Å²) in [6.45, 7) is 6.15. The Morgan fingerprint density at radius 3 is 2.57 bits per heavy atom. The molecule has 4 nitrogen and oxygen atoms in total. The highest BCUT2D eigenvalue weighted by atomic mass is 32.1. The minimum atomic E-state index is -0.473. The third-order valence-corrected chi connectivity index (χ3v) is 4.24. The molecule has 2 N–H and O–H groups in total. The molecule has 23 heavy (non-hydrogen) atoms. The summed E-state index contributed by atoms with van der Waals surface area (Å²) in [7, 11) is 0. The molecular weight excluding hydrogens is 308 g/mol. The van der Waals surface area contributed by atoms with Gasteiger partial charge < -0.3 is 10.6 Å². The molecule has 1 aromatic carbocycles. The van der Waals surface area contributed by atoms with Crippen LogP contribution in [0.3, 0.4) is 0 Å². The maximum Gasteiger partial charge on any atom is 0.251 e. The molecule has 5 heteroatoms. The van der Waals surface area contributed by atoms with Crippen molar-refractivity contribution in [3.63, 3.8) is 0 Å². The van der Waals surface area contributed by atoms with E-state index in [9.17, 15) is 9.59 Å². The van der Waals surface area contributed by atoms with Gasteiger partial charge in [0.05, 0.1) is 0 Å². The second-order valence-electron chi connectivity index (χ2n) is 6.37. The van der Waals surface area contributed by atoms with E-state index < -0.39 is 5.41 Å². The number of thiophene rings is 1. The Bertz CT molecular complexity index is 673. The number of carbonyl (C=O) groups is 2. The van der Waals surface area contributed by atoms with Gasteiger partial charge in [-0.05, 0) is 36.1 Å². The molecule has 0 fully saturated rings. The van der Waals surface area contributed by atoms with Gasteiger partial charge in [0.2, 0.25) is 5.91 Å². The monoisotopic (exact) mass is 330 g/mol. The minimum absolute atomic E-state index is 0.0762. The number of nitrogens with one attached hydrogen (secondary N) is 2. The van der Waals surface area contributed by atoms with Crippen LogP contribution in [0.4, 0.5) is 5.69 Å². The van der Waals surface area contributed by atoms with Crippen molar-refractivity contribution in [2.24, 2.45) is 5.41 Å². The molecule has 0 saturated heterocycles. The number of anilines is 1. The number of rotatable bonds is 5. The van der Waals surface area contributed by atoms with Gasteiger partial charge in [-0.15, -0.1) is 11.3 Å². The van der Waals surface area contributed by atoms with Gasteiger partial charge >= 0.3 is 0 Å². The lowest BCUT2D eigenvalue weighted by Gasteiger charge is -2.18. The van der Waals surface area contributed by atoms with Gasteiger partial charge in [0.1, 0.15) is 0 Å². The third-order valence-electron chi connectivity index (χ3n) is 3.30. The fourth-order valence-corrected chi connectivity index (χ4v) is 2.62. The predicted octanol–water partition coefficient (Wildman–Crippen LogP) is 3.71. The maximum atomic E-state index is 12.2. The number of amides is 2. The van der Waals surface area contributed by atoms with E-state index in [4.69, 9.17) is 0 Å². The molecule has 2 amide bonds. The lowest BCUT2D eigenvalue weighted by atomic mass is 9.95. The molecule has 1 heterocycles. The molecule has 0 aliphatic carbocycles. The fraction of sp³-hybridized carbons (Fsp3) is 0.333. The second-order valence-corrected chi connectivity index (χ2v) is 7.40. The lowest BCUT2D eigenvalue weighted by Crippen LogP contribution is -2.28. The lowest BCUT2D eigenvalue weighted by molar-refractivity contribution is -0.123. The first kappa shape index (κ1) is 17.2. The predicted molar refractivity (Wildman–Crippen MR) is 94.9 cm³/mol. The molecular formula is C18H22N2O2S. The zero-order valence-electron chi connectivity index (χ0n) is 13.7. The largest absolute Gasteiger partial charge is 0.352 e. The molecule has 0 radical (unpaired) electrons. The van der Waals surface area contributed by atoms with Gasteiger partial charge in [0.15, 0.2) is 0 Å². The van der Waals surface area contributed by atoms with Gasteiger partial charge in [-0.3, -0.25) is 9.59 Å². The van der Waals surface area contributed by atoms with Crippen LogP contribution in [0.2, 0.25) is 0 Å². The van der Waals surface area contributed by atoms with Crippen LogP contribution >= 0.6 is 11.3 Å². The summed E-state index contributed by atoms with van der Waals surface area (Å²) >= 11 is 1.68. The minimum Gasteiger partial charge on any atom is -0.352 e. The van der Waals surface area contributed by atoms with Crippen molar-refractivity contribution in [3.8, 4) is 0 Å². The van der Waals surface area contributed by atoms with Gasteiger partial charge in [-0.1, -0.05) is 32.9 Å². The van der Waals surface area contributed by atoms with Crippen LogP contribution in [-0.4, -0.2) is 18.4 Å². The molecule has 0 bridgehead atoms. The molecule has 0 unspecified atom stereocenters. The summed E-state index contributed by atoms with van der Waals surface area (Å²) in [6.07, 6.45) is 0.823. The highest BCUT2D eigenvalue weighted by Crippen LogP contribution is 2.18. The van der Waals surface area contributed by atoms with Crippen LogP contribution in [0.5, 0.6) is 0 Å². The molecule has 122 valence electrons. The van der Waals surface area contributed by atoms with E-state index >= 15 is 0 Å². The van der Waals surface area contributed by atoms with Gasteiger partial charge in [0.25, 0.3) is 5.91 Å². The van der Waals surface area contributed by atoms with E-state index in [2.05, 4.69) is 16.7 Å². The van der Waals surface area contributed by atoms with E-state index in [-0.39, 0.29) is 11.8 Å². The molecule has 0 spiro atoms. The Kier molecular flexibility index (Phi) is 5.55. The van der Waals surface area contributed by atoms with Crippen molar-refractivity contribution < 1.29 is 9.59 Å². The Morgan fingerprint density at radius 2 is 1.91 bits per heavy atom. The average molecular weight is 330 g/mol. The van der Waals surface area contributed by atoms with E-state index in [1.165, 1.54) is 4.88 Å². The van der Waals surface area contributed by atoms with Crippen molar-refractivity contribution in [2.45, 2.75) is 27.2 Å². The van der Waals surface area contributed by atoms with Crippen molar-refractivity contribution in [2.75, 3.05) is 11.9 Å². The third kappa shape index (κ3) is 5.21. The van der Waals surface area contributed by atoms with Crippen LogP contribution in [-0.2, 0) is 11.2 Å². The van der Waals surface area contributed by atoms with Crippen LogP contribution in [0, 0.1) is 5.41 Å². The fourth-order valence-electron chi connectivity index (χ4n) is 1.91. The summed E-state index contributed by atoms with van der Waals surface area (Å²) < 4.78 is 0. The first-order valence-corrected chi connectivity index (χ1v) is 8.46. The van der Waals surface area contributed by atoms with Crippen molar-refractivity contribution >= 4 is 28.8 Å². The number of carbonyl (C=O) groups excluding carboxylic acids is 2. The summed E-state index contributed by atoms with van der Waals surface area (Å²) in [4.78, 5) is 25.4. The SMILES string of the molecule is CC(C)(C)C(=O)Nc1cccc(C(=O)NCCc2cccs2)c1. The molecule has 0 aliphatic heterocycles. The first-order chi connectivity index (χ1) is 10.9. The highest BCUT2D eigenvalue weighted by Gasteiger charge is 2.21. The number of hydrogen-bond donors (Lipinski definition) is 2. The zero-order chi connectivity index (χ0) is 16.9. The van der Waals surface area contributed by atoms with Crippen LogP contribution < -0.4 is 10.6 Å². The quantitative estimate of drug-likeness (QED) is 0.878. The van der Waals surface area contributed by atoms with Gasteiger partial charge in [-0.25, -0.2) is 0 Å². The van der Waals surface area contributed by atoms with Crippen molar-refractivity contribution in [3.05, 3.63) is 52.2 Å². The van der Waals surface area contributed by atoms with Crippen LogP contribution in [0.1, 0.15) is 36.0 Å². The molecule has 0 saturated carbocycles. The average Bonchev–Trinajstić information content (AvgIpc) is 2.99. The van der Waals surface area contributed by atoms with E-state index in [0.717, 1.165) is 6.42 Å². The normalized spacial score (nSPS) is 11.1. The smallest absolute Gasteiger partial charge is 0.251 e. The summed E-state index contributed by atoms with van der Waals surface area (Å²) in [5.74, 6) is -0.207. The second kappa shape index (κ2) is 7.42. The topological polar surface area (TPSA) is 58.2 Å². The van der Waals surface area contributed by atoms with Crippen LogP contribution in [0.25, 0.3) is 0 Å². The van der Waals surface area contributed by atoms with Crippen LogP contribution in [0.15, 0.2) is 41.8 Å². The maximum absolute atomic E-state index is 12.2. The Hall–Kier alpha value is -2.14. The summed E-state index contributed by atoms with van der Waals surface area (Å²) in [5.41, 5.74) is 0.706. The Morgan fingerprint density at radius 1 is 1.13 bits per heavy atom. The number of benzene rings is 1. The van der Waals surface area contributed by atoms with Gasteiger partial charge in [-0.2, -0.15) is 0 Å². The van der Waals surface area contributed by atoms with E-state index in [1.807, 2.05) is 32.2 Å². The van der Waals surface area contributed by atoms with Gasteiger partial charge in [0, 0.05) is 28.1 Å². The van der Waals surface area contributed by atoms with Crippen molar-refractivity contribution in [1.29, 1.82) is 0 Å². The van der Waals surface area contributed by atoms with E-state index in [0.29, 0.717) is 17.8 Å². The molecule has 0 aliphatic rings. The van der Waals surface area contributed by atoms with E-state index in [1.54, 1.807) is 35.6 Å². The molecule has 2 aromatic rings. The summed E-state index contributed by atoms with van der Waals surface area (Å²) in [5, 5.41) is 7.77. The summed E-state index contributed by atoms with van der Waals surface area (Å²) in [6, 6.07) is 11.1. The molecule has 1 aromatic heterocycles. The van der Waals surface area contributed by atoms with Crippen molar-refractivity contribution in [1.82, 2.24) is 5.32 Å². The molecule has 2 rings (SSSR count). The highest BCUT2D eigenvalue weighted by molar-refractivity contribution is 7.09. The zero-order valence-corrected chi connectivity index (χ0v) is 14.5. The molecule has 0 atom stereocenters. The first-order valence-electron chi connectivity index (χ1n) is 7.58. The Balaban J connectivity index is 1.93. The number of hydrogen-bond acceptors (Lipinski definition) is 3. The Labute approximate surface area is 140 Å². The standard InChI is InChI=1S/C18H22N2O2S/c1-18(2,3)17(22)20-14-7-4-6-13(12-14)16(21)19-10-9-15-8-5-11-23-15/h4-8,11-12H,9-10H2,1-3H3,(H,19,21)(H,20,22).